The average molecular weight is 218 g/mol. The van der Waals surface area contributed by atoms with Crippen LogP contribution in [0.25, 0.3) is 0 Å². The number of ether oxygens (including phenoxy) is 1. The maximum atomic E-state index is 11.1. The Labute approximate surface area is 94.6 Å². The molecule has 0 aromatic heterocycles. The van der Waals surface area contributed by atoms with E-state index in [1.807, 2.05) is 30.3 Å². The van der Waals surface area contributed by atoms with Gasteiger partial charge in [-0.1, -0.05) is 30.3 Å². The van der Waals surface area contributed by atoms with Crippen molar-refractivity contribution in [2.75, 3.05) is 0 Å². The lowest BCUT2D eigenvalue weighted by Crippen LogP contribution is -2.18. The lowest BCUT2D eigenvalue weighted by molar-refractivity contribution is 0.176. The smallest absolute Gasteiger partial charge is 0.414 e. The SMILES string of the molecule is C/C=C(/C)OC(=O)N/N=C\c1ccccc1. The van der Waals surface area contributed by atoms with Crippen molar-refractivity contribution < 1.29 is 9.53 Å². The predicted octanol–water partition coefficient (Wildman–Crippen LogP) is 2.67. The maximum Gasteiger partial charge on any atom is 0.432 e. The number of hydrogen-bond acceptors (Lipinski definition) is 3. The lowest BCUT2D eigenvalue weighted by atomic mass is 10.2. The van der Waals surface area contributed by atoms with Crippen LogP contribution in [0, 0.1) is 0 Å². The van der Waals surface area contributed by atoms with E-state index in [1.54, 1.807) is 26.1 Å². The lowest BCUT2D eigenvalue weighted by Gasteiger charge is -2.01. The molecular formula is C12H14N2O2. The molecule has 1 aromatic rings. The average Bonchev–Trinajstić information content (AvgIpc) is 2.30. The maximum absolute atomic E-state index is 11.1. The third-order valence-electron chi connectivity index (χ3n) is 1.83. The molecule has 0 unspecified atom stereocenters. The Balaban J connectivity index is 2.40. The molecule has 4 nitrogen and oxygen atoms in total. The zero-order valence-electron chi connectivity index (χ0n) is 9.31. The number of allylic oxidation sites excluding steroid dienone is 2. The Morgan fingerprint density at radius 1 is 1.38 bits per heavy atom. The Morgan fingerprint density at radius 3 is 2.69 bits per heavy atom. The number of carbonyl (C=O) groups is 1. The first-order chi connectivity index (χ1) is 7.72. The summed E-state index contributed by atoms with van der Waals surface area (Å²) in [6.07, 6.45) is 2.65. The second-order valence-electron chi connectivity index (χ2n) is 3.07. The van der Waals surface area contributed by atoms with Crippen LogP contribution in [0.3, 0.4) is 0 Å². The second-order valence-corrected chi connectivity index (χ2v) is 3.07. The molecule has 0 aliphatic heterocycles. The molecule has 1 N–H and O–H groups in total. The summed E-state index contributed by atoms with van der Waals surface area (Å²) in [4.78, 5) is 11.1. The van der Waals surface area contributed by atoms with E-state index < -0.39 is 6.09 Å². The van der Waals surface area contributed by atoms with Gasteiger partial charge in [-0.15, -0.1) is 0 Å². The fraction of sp³-hybridized carbons (Fsp3) is 0.167. The van der Waals surface area contributed by atoms with Crippen molar-refractivity contribution in [2.45, 2.75) is 13.8 Å². The minimum absolute atomic E-state index is 0.535. The first-order valence-corrected chi connectivity index (χ1v) is 4.91. The number of hydrazone groups is 1. The molecule has 84 valence electrons. The Hall–Kier alpha value is -2.10. The molecule has 1 aromatic carbocycles. The molecule has 0 bridgehead atoms. The number of nitrogens with one attached hydrogen (secondary N) is 1. The molecular weight excluding hydrogens is 204 g/mol. The molecule has 0 aliphatic rings. The zero-order chi connectivity index (χ0) is 11.8. The summed E-state index contributed by atoms with van der Waals surface area (Å²) in [5.74, 6) is 0.535. The van der Waals surface area contributed by atoms with Crippen LogP contribution in [0.4, 0.5) is 4.79 Å². The first-order valence-electron chi connectivity index (χ1n) is 4.91. The van der Waals surface area contributed by atoms with E-state index in [1.165, 1.54) is 0 Å². The minimum atomic E-state index is -0.595. The molecule has 0 heterocycles. The largest absolute Gasteiger partial charge is 0.432 e. The summed E-state index contributed by atoms with van der Waals surface area (Å²) in [5.41, 5.74) is 3.17. The van der Waals surface area contributed by atoms with Crippen LogP contribution in [-0.2, 0) is 4.74 Å². The van der Waals surface area contributed by atoms with Crippen LogP contribution in [0.5, 0.6) is 0 Å². The van der Waals surface area contributed by atoms with E-state index in [0.717, 1.165) is 5.56 Å². The monoisotopic (exact) mass is 218 g/mol. The van der Waals surface area contributed by atoms with Gasteiger partial charge in [0.2, 0.25) is 0 Å². The molecule has 4 heteroatoms. The first kappa shape index (κ1) is 12.0. The van der Waals surface area contributed by atoms with Gasteiger partial charge in [-0.2, -0.15) is 5.10 Å². The summed E-state index contributed by atoms with van der Waals surface area (Å²) >= 11 is 0. The number of benzene rings is 1. The number of carbonyl (C=O) groups excluding carboxylic acids is 1. The van der Waals surface area contributed by atoms with E-state index >= 15 is 0 Å². The van der Waals surface area contributed by atoms with Gasteiger partial charge in [0, 0.05) is 0 Å². The van der Waals surface area contributed by atoms with Crippen LogP contribution in [-0.4, -0.2) is 12.3 Å². The van der Waals surface area contributed by atoms with E-state index in [-0.39, 0.29) is 0 Å². The van der Waals surface area contributed by atoms with Gasteiger partial charge < -0.3 is 4.74 Å². The van der Waals surface area contributed by atoms with Crippen molar-refractivity contribution >= 4 is 12.3 Å². The zero-order valence-corrected chi connectivity index (χ0v) is 9.31. The van der Waals surface area contributed by atoms with Gasteiger partial charge in [-0.3, -0.25) is 0 Å². The van der Waals surface area contributed by atoms with Gasteiger partial charge in [0.25, 0.3) is 0 Å². The molecule has 0 spiro atoms. The van der Waals surface area contributed by atoms with Gasteiger partial charge in [0.05, 0.1) is 6.21 Å². The summed E-state index contributed by atoms with van der Waals surface area (Å²) in [7, 11) is 0. The number of rotatable bonds is 3. The number of amides is 1. The fourth-order valence-electron chi connectivity index (χ4n) is 0.927. The van der Waals surface area contributed by atoms with E-state index in [4.69, 9.17) is 4.74 Å². The normalized spacial score (nSPS) is 11.5. The second kappa shape index (κ2) is 6.40. The van der Waals surface area contributed by atoms with Crippen molar-refractivity contribution in [3.63, 3.8) is 0 Å². The highest BCUT2D eigenvalue weighted by Crippen LogP contribution is 1.95. The van der Waals surface area contributed by atoms with Gasteiger partial charge >= 0.3 is 6.09 Å². The third kappa shape index (κ3) is 4.41. The highest BCUT2D eigenvalue weighted by atomic mass is 16.6. The number of hydrogen-bond donors (Lipinski definition) is 1. The van der Waals surface area contributed by atoms with Gasteiger partial charge in [0.1, 0.15) is 5.76 Å². The number of nitrogens with zero attached hydrogens (tertiary/aromatic N) is 1. The summed E-state index contributed by atoms with van der Waals surface area (Å²) in [6, 6.07) is 9.46. The third-order valence-corrected chi connectivity index (χ3v) is 1.83. The highest BCUT2D eigenvalue weighted by Gasteiger charge is 1.99. The molecule has 1 amide bonds. The molecule has 16 heavy (non-hydrogen) atoms. The standard InChI is InChI=1S/C12H14N2O2/c1-3-10(2)16-12(15)14-13-9-11-7-5-4-6-8-11/h3-9H,1-2H3,(H,14,15)/b10-3-,13-9-. The van der Waals surface area contributed by atoms with Gasteiger partial charge in [-0.05, 0) is 25.5 Å². The van der Waals surface area contributed by atoms with Gasteiger partial charge in [0.15, 0.2) is 0 Å². The molecule has 0 radical (unpaired) electrons. The predicted molar refractivity (Wildman–Crippen MR) is 63.1 cm³/mol. The Kier molecular flexibility index (Phi) is 4.79. The Bertz CT molecular complexity index is 397. The van der Waals surface area contributed by atoms with Crippen molar-refractivity contribution in [1.29, 1.82) is 0 Å². The fourth-order valence-corrected chi connectivity index (χ4v) is 0.927. The Morgan fingerprint density at radius 2 is 2.06 bits per heavy atom. The topological polar surface area (TPSA) is 50.7 Å². The van der Waals surface area contributed by atoms with Crippen LogP contribution in [0.15, 0.2) is 47.3 Å². The summed E-state index contributed by atoms with van der Waals surface area (Å²) < 4.78 is 4.83. The molecule has 1 rings (SSSR count). The molecule has 0 atom stereocenters. The summed E-state index contributed by atoms with van der Waals surface area (Å²) in [6.45, 7) is 3.48. The summed E-state index contributed by atoms with van der Waals surface area (Å²) in [5, 5.41) is 3.75. The highest BCUT2D eigenvalue weighted by molar-refractivity contribution is 5.80. The van der Waals surface area contributed by atoms with Crippen LogP contribution < -0.4 is 5.43 Å². The van der Waals surface area contributed by atoms with Crippen molar-refractivity contribution in [3.8, 4) is 0 Å². The molecule has 0 fully saturated rings. The molecule has 0 aliphatic carbocycles. The van der Waals surface area contributed by atoms with E-state index in [9.17, 15) is 4.79 Å². The van der Waals surface area contributed by atoms with E-state index in [2.05, 4.69) is 10.5 Å². The minimum Gasteiger partial charge on any atom is -0.414 e. The van der Waals surface area contributed by atoms with Crippen LogP contribution >= 0.6 is 0 Å². The quantitative estimate of drug-likeness (QED) is 0.481. The molecule has 0 saturated heterocycles. The van der Waals surface area contributed by atoms with Crippen molar-refractivity contribution in [1.82, 2.24) is 5.43 Å². The van der Waals surface area contributed by atoms with Crippen LogP contribution in [0.1, 0.15) is 19.4 Å². The molecule has 0 saturated carbocycles. The van der Waals surface area contributed by atoms with Crippen molar-refractivity contribution in [3.05, 3.63) is 47.7 Å². The van der Waals surface area contributed by atoms with Gasteiger partial charge in [-0.25, -0.2) is 10.2 Å². The van der Waals surface area contributed by atoms with Crippen molar-refractivity contribution in [2.24, 2.45) is 5.10 Å². The van der Waals surface area contributed by atoms with Crippen LogP contribution in [0.2, 0.25) is 0 Å². The van der Waals surface area contributed by atoms with E-state index in [0.29, 0.717) is 5.76 Å².